The molecule has 2 aromatic rings. The molecule has 0 heterocycles. The Kier molecular flexibility index (Phi) is 4.66. The third-order valence-corrected chi connectivity index (χ3v) is 2.95. The van der Waals surface area contributed by atoms with Gasteiger partial charge in [0.15, 0.2) is 0 Å². The van der Waals surface area contributed by atoms with E-state index in [0.29, 0.717) is 12.2 Å². The summed E-state index contributed by atoms with van der Waals surface area (Å²) < 4.78 is 13.5. The SMILES string of the molecule is CCN(C(=O)C(=O)Nc1ccccc1F)c1ccccc1. The largest absolute Gasteiger partial charge is 0.316 e. The monoisotopic (exact) mass is 286 g/mol. The average molecular weight is 286 g/mol. The average Bonchev–Trinajstić information content (AvgIpc) is 2.51. The summed E-state index contributed by atoms with van der Waals surface area (Å²) in [6, 6.07) is 14.6. The Hall–Kier alpha value is -2.69. The molecule has 0 unspecified atom stereocenters. The molecule has 0 aliphatic heterocycles. The number of nitrogens with zero attached hydrogens (tertiary/aromatic N) is 1. The quantitative estimate of drug-likeness (QED) is 0.882. The fourth-order valence-corrected chi connectivity index (χ4v) is 1.91. The van der Waals surface area contributed by atoms with E-state index in [9.17, 15) is 14.0 Å². The second kappa shape index (κ2) is 6.65. The van der Waals surface area contributed by atoms with Crippen molar-refractivity contribution in [2.24, 2.45) is 0 Å². The number of likely N-dealkylation sites (N-methyl/N-ethyl adjacent to an activating group) is 1. The summed E-state index contributed by atoms with van der Waals surface area (Å²) in [4.78, 5) is 25.5. The summed E-state index contributed by atoms with van der Waals surface area (Å²) in [6.45, 7) is 2.11. The second-order valence-electron chi connectivity index (χ2n) is 4.32. The maximum absolute atomic E-state index is 13.5. The van der Waals surface area contributed by atoms with Gasteiger partial charge in [0.25, 0.3) is 0 Å². The highest BCUT2D eigenvalue weighted by atomic mass is 19.1. The van der Waals surface area contributed by atoms with Gasteiger partial charge in [-0.25, -0.2) is 4.39 Å². The molecule has 0 spiro atoms. The van der Waals surface area contributed by atoms with Crippen LogP contribution in [0.1, 0.15) is 6.92 Å². The lowest BCUT2D eigenvalue weighted by atomic mass is 10.2. The maximum Gasteiger partial charge on any atom is 0.316 e. The van der Waals surface area contributed by atoms with Crippen LogP contribution in [0.3, 0.4) is 0 Å². The van der Waals surface area contributed by atoms with Gasteiger partial charge in [-0.2, -0.15) is 0 Å². The molecule has 1 N–H and O–H groups in total. The van der Waals surface area contributed by atoms with Gasteiger partial charge in [-0.05, 0) is 31.2 Å². The van der Waals surface area contributed by atoms with Crippen LogP contribution in [0.5, 0.6) is 0 Å². The number of anilines is 2. The molecule has 0 saturated carbocycles. The number of para-hydroxylation sites is 2. The summed E-state index contributed by atoms with van der Waals surface area (Å²) in [5.74, 6) is -2.18. The Labute approximate surface area is 122 Å². The van der Waals surface area contributed by atoms with Crippen molar-refractivity contribution in [3.05, 3.63) is 60.4 Å². The lowest BCUT2D eigenvalue weighted by Gasteiger charge is -2.20. The van der Waals surface area contributed by atoms with Crippen LogP contribution in [0.15, 0.2) is 54.6 Å². The van der Waals surface area contributed by atoms with Crippen molar-refractivity contribution in [3.63, 3.8) is 0 Å². The number of carbonyl (C=O) groups excluding carboxylic acids is 2. The van der Waals surface area contributed by atoms with Crippen molar-refractivity contribution in [2.75, 3.05) is 16.8 Å². The van der Waals surface area contributed by atoms with Gasteiger partial charge in [0.05, 0.1) is 5.69 Å². The van der Waals surface area contributed by atoms with Crippen LogP contribution < -0.4 is 10.2 Å². The van der Waals surface area contributed by atoms with E-state index >= 15 is 0 Å². The Morgan fingerprint density at radius 2 is 1.67 bits per heavy atom. The molecule has 0 atom stereocenters. The smallest absolute Gasteiger partial charge is 0.315 e. The predicted molar refractivity (Wildman–Crippen MR) is 79.5 cm³/mol. The zero-order chi connectivity index (χ0) is 15.2. The van der Waals surface area contributed by atoms with E-state index in [1.165, 1.54) is 23.1 Å². The summed E-state index contributed by atoms with van der Waals surface area (Å²) in [5, 5.41) is 2.29. The standard InChI is InChI=1S/C16H15FN2O2/c1-2-19(12-8-4-3-5-9-12)16(21)15(20)18-14-11-7-6-10-13(14)17/h3-11H,2H2,1H3,(H,18,20). The minimum absolute atomic E-state index is 0.0139. The van der Waals surface area contributed by atoms with Crippen molar-refractivity contribution in [3.8, 4) is 0 Å². The highest BCUT2D eigenvalue weighted by molar-refractivity contribution is 6.44. The summed E-state index contributed by atoms with van der Waals surface area (Å²) in [7, 11) is 0. The van der Waals surface area contributed by atoms with E-state index in [1.54, 1.807) is 37.3 Å². The van der Waals surface area contributed by atoms with Crippen LogP contribution in [0.4, 0.5) is 15.8 Å². The molecule has 0 aromatic heterocycles. The normalized spacial score (nSPS) is 10.0. The number of hydrogen-bond acceptors (Lipinski definition) is 2. The van der Waals surface area contributed by atoms with Gasteiger partial charge < -0.3 is 10.2 Å². The fourth-order valence-electron chi connectivity index (χ4n) is 1.91. The Bertz CT molecular complexity index is 644. The Balaban J connectivity index is 2.15. The number of rotatable bonds is 3. The molecule has 5 heteroatoms. The summed E-state index contributed by atoms with van der Waals surface area (Å²) >= 11 is 0. The van der Waals surface area contributed by atoms with Crippen LogP contribution in [0.2, 0.25) is 0 Å². The number of hydrogen-bond donors (Lipinski definition) is 1. The third kappa shape index (κ3) is 3.45. The van der Waals surface area contributed by atoms with Crippen molar-refractivity contribution in [1.29, 1.82) is 0 Å². The van der Waals surface area contributed by atoms with Gasteiger partial charge in [-0.3, -0.25) is 9.59 Å². The third-order valence-electron chi connectivity index (χ3n) is 2.95. The summed E-state index contributed by atoms with van der Waals surface area (Å²) in [5.41, 5.74) is 0.605. The highest BCUT2D eigenvalue weighted by Gasteiger charge is 2.22. The van der Waals surface area contributed by atoms with E-state index in [1.807, 2.05) is 6.07 Å². The lowest BCUT2D eigenvalue weighted by Crippen LogP contribution is -2.39. The van der Waals surface area contributed by atoms with Crippen molar-refractivity contribution < 1.29 is 14.0 Å². The van der Waals surface area contributed by atoms with Gasteiger partial charge >= 0.3 is 11.8 Å². The van der Waals surface area contributed by atoms with Gasteiger partial charge in [-0.15, -0.1) is 0 Å². The van der Waals surface area contributed by atoms with Gasteiger partial charge in [0.2, 0.25) is 0 Å². The Morgan fingerprint density at radius 1 is 1.05 bits per heavy atom. The molecule has 2 amide bonds. The first kappa shape index (κ1) is 14.7. The van der Waals surface area contributed by atoms with E-state index in [-0.39, 0.29) is 5.69 Å². The van der Waals surface area contributed by atoms with E-state index in [2.05, 4.69) is 5.32 Å². The zero-order valence-electron chi connectivity index (χ0n) is 11.5. The topological polar surface area (TPSA) is 49.4 Å². The van der Waals surface area contributed by atoms with Crippen LogP contribution in [0, 0.1) is 5.82 Å². The minimum atomic E-state index is -0.870. The molecule has 0 radical (unpaired) electrons. The molecular weight excluding hydrogens is 271 g/mol. The van der Waals surface area contributed by atoms with Crippen molar-refractivity contribution in [1.82, 2.24) is 0 Å². The first-order valence-corrected chi connectivity index (χ1v) is 6.56. The number of nitrogens with one attached hydrogen (secondary N) is 1. The molecule has 21 heavy (non-hydrogen) atoms. The van der Waals surface area contributed by atoms with Crippen LogP contribution >= 0.6 is 0 Å². The molecule has 0 bridgehead atoms. The molecule has 0 aliphatic carbocycles. The van der Waals surface area contributed by atoms with Gasteiger partial charge in [0, 0.05) is 12.2 Å². The van der Waals surface area contributed by atoms with Crippen LogP contribution in [0.25, 0.3) is 0 Å². The van der Waals surface area contributed by atoms with Crippen molar-refractivity contribution >= 4 is 23.2 Å². The number of amides is 2. The second-order valence-corrected chi connectivity index (χ2v) is 4.32. The van der Waals surface area contributed by atoms with Crippen molar-refractivity contribution in [2.45, 2.75) is 6.92 Å². The molecule has 0 saturated heterocycles. The maximum atomic E-state index is 13.5. The first-order valence-electron chi connectivity index (χ1n) is 6.56. The number of carbonyl (C=O) groups is 2. The van der Waals surface area contributed by atoms with Gasteiger partial charge in [0.1, 0.15) is 5.82 Å². The molecule has 108 valence electrons. The predicted octanol–water partition coefficient (Wildman–Crippen LogP) is 2.82. The van der Waals surface area contributed by atoms with E-state index < -0.39 is 17.6 Å². The molecular formula is C16H15FN2O2. The lowest BCUT2D eigenvalue weighted by molar-refractivity contribution is -0.134. The molecule has 2 aromatic carbocycles. The van der Waals surface area contributed by atoms with Crippen LogP contribution in [-0.2, 0) is 9.59 Å². The highest BCUT2D eigenvalue weighted by Crippen LogP contribution is 2.15. The number of benzene rings is 2. The molecule has 0 fully saturated rings. The zero-order valence-corrected chi connectivity index (χ0v) is 11.5. The Morgan fingerprint density at radius 3 is 2.29 bits per heavy atom. The van der Waals surface area contributed by atoms with Gasteiger partial charge in [-0.1, -0.05) is 30.3 Å². The van der Waals surface area contributed by atoms with E-state index in [4.69, 9.17) is 0 Å². The van der Waals surface area contributed by atoms with Crippen LogP contribution in [-0.4, -0.2) is 18.4 Å². The first-order chi connectivity index (χ1) is 10.1. The summed E-state index contributed by atoms with van der Waals surface area (Å²) in [6.07, 6.45) is 0. The minimum Gasteiger partial charge on any atom is -0.315 e. The molecule has 4 nitrogen and oxygen atoms in total. The fraction of sp³-hybridized carbons (Fsp3) is 0.125. The van der Waals surface area contributed by atoms with E-state index in [0.717, 1.165) is 0 Å². The molecule has 2 rings (SSSR count). The number of halogens is 1. The molecule has 0 aliphatic rings.